The van der Waals surface area contributed by atoms with Crippen molar-refractivity contribution in [1.82, 2.24) is 4.57 Å². The Morgan fingerprint density at radius 3 is 2.50 bits per heavy atom. The van der Waals surface area contributed by atoms with E-state index in [1.165, 1.54) is 12.5 Å². The molecule has 6 heteroatoms. The highest BCUT2D eigenvalue weighted by Gasteiger charge is 2.53. The monoisotopic (exact) mass is 333 g/mol. The van der Waals surface area contributed by atoms with Crippen LogP contribution < -0.4 is 5.56 Å². The van der Waals surface area contributed by atoms with Gasteiger partial charge in [-0.05, 0) is 64.7 Å². The van der Waals surface area contributed by atoms with Gasteiger partial charge < -0.3 is 13.9 Å². The van der Waals surface area contributed by atoms with Gasteiger partial charge in [-0.2, -0.15) is 0 Å². The summed E-state index contributed by atoms with van der Waals surface area (Å²) in [5.41, 5.74) is -1.64. The van der Waals surface area contributed by atoms with Crippen molar-refractivity contribution in [1.29, 1.82) is 0 Å². The van der Waals surface area contributed by atoms with Crippen LogP contribution in [0.2, 0.25) is 0 Å². The molecule has 2 heterocycles. The molecule has 1 saturated carbocycles. The zero-order valence-electron chi connectivity index (χ0n) is 14.8. The Morgan fingerprint density at radius 1 is 1.33 bits per heavy atom. The SMILES string of the molecule is CC1(C)OB(C(F)=Cc2cccn(CC3CCC3)c2=O)OC1(C)C. The van der Waals surface area contributed by atoms with E-state index in [4.69, 9.17) is 9.31 Å². The van der Waals surface area contributed by atoms with E-state index in [9.17, 15) is 9.18 Å². The molecule has 1 aromatic heterocycles. The van der Waals surface area contributed by atoms with Crippen LogP contribution in [0.4, 0.5) is 4.39 Å². The lowest BCUT2D eigenvalue weighted by Crippen LogP contribution is -2.41. The Morgan fingerprint density at radius 2 is 1.96 bits per heavy atom. The van der Waals surface area contributed by atoms with E-state index in [2.05, 4.69) is 0 Å². The Kier molecular flexibility index (Phi) is 4.47. The Hall–Kier alpha value is -1.40. The molecule has 24 heavy (non-hydrogen) atoms. The molecular weight excluding hydrogens is 308 g/mol. The number of nitrogens with zero attached hydrogens (tertiary/aromatic N) is 1. The average Bonchev–Trinajstić information content (AvgIpc) is 2.66. The predicted octanol–water partition coefficient (Wildman–Crippen LogP) is 3.59. The molecule has 4 nitrogen and oxygen atoms in total. The van der Waals surface area contributed by atoms with Crippen molar-refractivity contribution < 1.29 is 13.7 Å². The third-order valence-corrected chi connectivity index (χ3v) is 5.50. The van der Waals surface area contributed by atoms with Crippen molar-refractivity contribution in [3.8, 4) is 0 Å². The highest BCUT2D eigenvalue weighted by Crippen LogP contribution is 2.39. The van der Waals surface area contributed by atoms with Crippen molar-refractivity contribution in [2.45, 2.75) is 64.7 Å². The fraction of sp³-hybridized carbons (Fsp3) is 0.611. The van der Waals surface area contributed by atoms with Crippen LogP contribution in [0.1, 0.15) is 52.5 Å². The van der Waals surface area contributed by atoms with E-state index in [1.54, 1.807) is 22.9 Å². The van der Waals surface area contributed by atoms with Crippen LogP contribution >= 0.6 is 0 Å². The largest absolute Gasteiger partial charge is 0.525 e. The molecule has 0 atom stereocenters. The van der Waals surface area contributed by atoms with Gasteiger partial charge in [0.05, 0.1) is 11.2 Å². The van der Waals surface area contributed by atoms with Crippen LogP contribution in [-0.2, 0) is 15.9 Å². The van der Waals surface area contributed by atoms with Crippen molar-refractivity contribution in [2.75, 3.05) is 0 Å². The van der Waals surface area contributed by atoms with Gasteiger partial charge in [-0.3, -0.25) is 4.79 Å². The number of halogens is 1. The van der Waals surface area contributed by atoms with Gasteiger partial charge in [-0.25, -0.2) is 4.39 Å². The van der Waals surface area contributed by atoms with E-state index < -0.39 is 24.0 Å². The van der Waals surface area contributed by atoms with Crippen LogP contribution in [0.3, 0.4) is 0 Å². The van der Waals surface area contributed by atoms with E-state index in [1.807, 2.05) is 27.7 Å². The first-order chi connectivity index (χ1) is 11.2. The summed E-state index contributed by atoms with van der Waals surface area (Å²) in [5, 5.41) is 0. The molecule has 0 spiro atoms. The van der Waals surface area contributed by atoms with Gasteiger partial charge in [-0.15, -0.1) is 0 Å². The summed E-state index contributed by atoms with van der Waals surface area (Å²) in [6.45, 7) is 8.18. The minimum absolute atomic E-state index is 0.170. The van der Waals surface area contributed by atoms with Gasteiger partial charge in [0.1, 0.15) is 5.73 Å². The Bertz CT molecular complexity index is 690. The molecule has 130 valence electrons. The predicted molar refractivity (Wildman–Crippen MR) is 93.2 cm³/mol. The van der Waals surface area contributed by atoms with Gasteiger partial charge in [0.25, 0.3) is 5.56 Å². The molecule has 1 saturated heterocycles. The second-order valence-electron chi connectivity index (χ2n) is 7.84. The molecule has 0 aromatic carbocycles. The second kappa shape index (κ2) is 6.15. The molecule has 1 aliphatic carbocycles. The fourth-order valence-corrected chi connectivity index (χ4v) is 2.93. The summed E-state index contributed by atoms with van der Waals surface area (Å²) >= 11 is 0. The first-order valence-corrected chi connectivity index (χ1v) is 8.62. The summed E-state index contributed by atoms with van der Waals surface area (Å²) in [5.74, 6) is 0.565. The van der Waals surface area contributed by atoms with E-state index in [0.29, 0.717) is 18.0 Å². The second-order valence-corrected chi connectivity index (χ2v) is 7.84. The number of hydrogen-bond donors (Lipinski definition) is 0. The quantitative estimate of drug-likeness (QED) is 0.791. The van der Waals surface area contributed by atoms with Gasteiger partial charge >= 0.3 is 7.12 Å². The molecule has 0 unspecified atom stereocenters. The normalized spacial score (nSPS) is 23.4. The number of aromatic nitrogens is 1. The molecule has 1 aliphatic heterocycles. The highest BCUT2D eigenvalue weighted by molar-refractivity contribution is 6.54. The van der Waals surface area contributed by atoms with Crippen molar-refractivity contribution in [3.05, 3.63) is 40.0 Å². The Labute approximate surface area is 142 Å². The van der Waals surface area contributed by atoms with E-state index >= 15 is 0 Å². The molecule has 2 aliphatic rings. The van der Waals surface area contributed by atoms with Crippen LogP contribution in [0, 0.1) is 5.92 Å². The lowest BCUT2D eigenvalue weighted by Gasteiger charge is -2.32. The van der Waals surface area contributed by atoms with Crippen molar-refractivity contribution >= 4 is 13.2 Å². The maximum atomic E-state index is 14.6. The molecular formula is C18H25BFNO3. The lowest BCUT2D eigenvalue weighted by atomic mass is 9.85. The molecule has 1 aromatic rings. The van der Waals surface area contributed by atoms with E-state index in [-0.39, 0.29) is 5.56 Å². The molecule has 2 fully saturated rings. The zero-order chi connectivity index (χ0) is 17.5. The van der Waals surface area contributed by atoms with Gasteiger partial charge in [-0.1, -0.05) is 6.42 Å². The lowest BCUT2D eigenvalue weighted by molar-refractivity contribution is 0.00578. The summed E-state index contributed by atoms with van der Waals surface area (Å²) in [6.07, 6.45) is 6.56. The fourth-order valence-electron chi connectivity index (χ4n) is 2.93. The molecule has 3 rings (SSSR count). The average molecular weight is 333 g/mol. The number of hydrogen-bond acceptors (Lipinski definition) is 3. The number of rotatable bonds is 4. The molecule has 0 radical (unpaired) electrons. The zero-order valence-corrected chi connectivity index (χ0v) is 14.8. The third kappa shape index (κ3) is 3.22. The third-order valence-electron chi connectivity index (χ3n) is 5.50. The maximum Gasteiger partial charge on any atom is 0.525 e. The maximum absolute atomic E-state index is 14.6. The van der Waals surface area contributed by atoms with Crippen LogP contribution in [0.5, 0.6) is 0 Å². The topological polar surface area (TPSA) is 40.5 Å². The Balaban J connectivity index is 1.81. The van der Waals surface area contributed by atoms with Gasteiger partial charge in [0.2, 0.25) is 0 Å². The van der Waals surface area contributed by atoms with E-state index in [0.717, 1.165) is 12.8 Å². The van der Waals surface area contributed by atoms with Crippen molar-refractivity contribution in [3.63, 3.8) is 0 Å². The van der Waals surface area contributed by atoms with Crippen LogP contribution in [0.25, 0.3) is 6.08 Å². The van der Waals surface area contributed by atoms with Crippen LogP contribution in [-0.4, -0.2) is 22.9 Å². The molecule has 0 amide bonds. The standard InChI is InChI=1S/C18H25BFNO3/c1-17(2)18(3,4)24-19(23-17)15(20)11-14-9-6-10-21(16(14)22)12-13-7-5-8-13/h6,9-11,13H,5,7-8,12H2,1-4H3. The highest BCUT2D eigenvalue weighted by atomic mass is 19.1. The summed E-state index contributed by atoms with van der Waals surface area (Å²) in [7, 11) is -1.07. The summed E-state index contributed by atoms with van der Waals surface area (Å²) < 4.78 is 27.6. The minimum atomic E-state index is -1.07. The minimum Gasteiger partial charge on any atom is -0.398 e. The van der Waals surface area contributed by atoms with Gasteiger partial charge in [0.15, 0.2) is 0 Å². The van der Waals surface area contributed by atoms with Crippen LogP contribution in [0.15, 0.2) is 28.9 Å². The van der Waals surface area contributed by atoms with Gasteiger partial charge in [0, 0.05) is 18.3 Å². The molecule has 0 bridgehead atoms. The smallest absolute Gasteiger partial charge is 0.398 e. The summed E-state index contributed by atoms with van der Waals surface area (Å²) in [4.78, 5) is 12.5. The first kappa shape index (κ1) is 17.4. The number of pyridine rings is 1. The summed E-state index contributed by atoms with van der Waals surface area (Å²) in [6, 6.07) is 3.41. The van der Waals surface area contributed by atoms with Crippen molar-refractivity contribution in [2.24, 2.45) is 5.92 Å². The first-order valence-electron chi connectivity index (χ1n) is 8.62. The molecule has 0 N–H and O–H groups in total.